The van der Waals surface area contributed by atoms with E-state index in [0.29, 0.717) is 5.57 Å². The molecule has 4 atom stereocenters. The molecule has 0 saturated heterocycles. The van der Waals surface area contributed by atoms with Crippen molar-refractivity contribution < 1.29 is 29.1 Å². The molecule has 0 rings (SSSR count). The van der Waals surface area contributed by atoms with Gasteiger partial charge in [-0.2, -0.15) is 0 Å². The van der Waals surface area contributed by atoms with Crippen molar-refractivity contribution in [1.29, 1.82) is 0 Å². The molecule has 224 valence electrons. The predicted octanol–water partition coefficient (Wildman–Crippen LogP) is 3.95. The minimum absolute atomic E-state index is 0.0286. The molecule has 0 fully saturated rings. The van der Waals surface area contributed by atoms with E-state index >= 15 is 0 Å². The molecule has 0 heterocycles. The van der Waals surface area contributed by atoms with Gasteiger partial charge in [-0.15, -0.1) is 0 Å². The van der Waals surface area contributed by atoms with E-state index in [0.717, 1.165) is 0 Å². The fourth-order valence-electron chi connectivity index (χ4n) is 4.89. The Morgan fingerprint density at radius 1 is 0.897 bits per heavy atom. The summed E-state index contributed by atoms with van der Waals surface area (Å²) in [5, 5.41) is 12.1. The minimum atomic E-state index is -1.07. The molecular formula is C30H53N3O6. The molecule has 0 bridgehead atoms. The fraction of sp³-hybridized carbons (Fsp3) is 0.767. The number of aliphatic carboxylic acids is 1. The molecule has 0 aliphatic heterocycles. The number of Topliss-reactive ketones (excluding diaryl/α,β-unsaturated/α-hetero) is 2. The lowest BCUT2D eigenvalue weighted by atomic mass is 9.82. The average Bonchev–Trinajstić information content (AvgIpc) is 2.74. The van der Waals surface area contributed by atoms with Crippen LogP contribution in [-0.4, -0.2) is 83.5 Å². The smallest absolute Gasteiger partial charge is 0.304 e. The van der Waals surface area contributed by atoms with E-state index in [9.17, 15) is 24.0 Å². The van der Waals surface area contributed by atoms with Crippen LogP contribution in [0.15, 0.2) is 11.6 Å². The van der Waals surface area contributed by atoms with Crippen molar-refractivity contribution in [2.24, 2.45) is 22.7 Å². The molecule has 1 unspecified atom stereocenters. The highest BCUT2D eigenvalue weighted by molar-refractivity contribution is 5.95. The van der Waals surface area contributed by atoms with Crippen LogP contribution in [0.4, 0.5) is 0 Å². The summed E-state index contributed by atoms with van der Waals surface area (Å²) < 4.78 is 0. The molecule has 0 radical (unpaired) electrons. The first-order valence-electron chi connectivity index (χ1n) is 13.7. The van der Waals surface area contributed by atoms with Gasteiger partial charge in [0, 0.05) is 19.4 Å². The molecule has 9 nitrogen and oxygen atoms in total. The third-order valence-corrected chi connectivity index (χ3v) is 7.04. The number of amides is 2. The van der Waals surface area contributed by atoms with Crippen LogP contribution in [-0.2, 0) is 24.0 Å². The topological polar surface area (TPSA) is 124 Å². The molecule has 0 aromatic heterocycles. The summed E-state index contributed by atoms with van der Waals surface area (Å²) in [7, 11) is 5.36. The van der Waals surface area contributed by atoms with Gasteiger partial charge in [-0.05, 0) is 56.7 Å². The van der Waals surface area contributed by atoms with Crippen molar-refractivity contribution in [3.63, 3.8) is 0 Å². The second-order valence-corrected chi connectivity index (χ2v) is 13.4. The first-order valence-corrected chi connectivity index (χ1v) is 13.7. The predicted molar refractivity (Wildman–Crippen MR) is 154 cm³/mol. The Morgan fingerprint density at radius 3 is 1.77 bits per heavy atom. The van der Waals surface area contributed by atoms with E-state index in [1.54, 1.807) is 24.9 Å². The Kier molecular flexibility index (Phi) is 13.8. The standard InChI is InChI=1S/C30H53N3O6/c1-18(2)22(16-19(3)23(35)15-14-21(20(4)34)17-24(36)37)33(13)28(39)25(29(5,6)7)31-27(38)26(32(11)12)30(8,9)10/h16,18,21-22,25-26H,14-15,17H2,1-13H3,(H,31,38)(H,36,37)/b19-16+/t21?,22-,25-,26-/m1/s1. The van der Waals surface area contributed by atoms with Crippen molar-refractivity contribution in [3.05, 3.63) is 11.6 Å². The summed E-state index contributed by atoms with van der Waals surface area (Å²) in [4.78, 5) is 66.4. The summed E-state index contributed by atoms with van der Waals surface area (Å²) in [6, 6.07) is -1.66. The van der Waals surface area contributed by atoms with E-state index in [1.165, 1.54) is 6.92 Å². The van der Waals surface area contributed by atoms with Crippen LogP contribution in [0.3, 0.4) is 0 Å². The summed E-state index contributed by atoms with van der Waals surface area (Å²) >= 11 is 0. The Bertz CT molecular complexity index is 924. The monoisotopic (exact) mass is 551 g/mol. The highest BCUT2D eigenvalue weighted by atomic mass is 16.4. The number of carbonyl (C=O) groups excluding carboxylic acids is 4. The highest BCUT2D eigenvalue weighted by Crippen LogP contribution is 2.27. The van der Waals surface area contributed by atoms with Crippen LogP contribution in [0.2, 0.25) is 0 Å². The van der Waals surface area contributed by atoms with E-state index in [1.807, 2.05) is 74.4 Å². The molecule has 0 spiro atoms. The summed E-state index contributed by atoms with van der Waals surface area (Å²) in [6.45, 7) is 18.6. The van der Waals surface area contributed by atoms with Crippen molar-refractivity contribution in [2.75, 3.05) is 21.1 Å². The van der Waals surface area contributed by atoms with Gasteiger partial charge >= 0.3 is 5.97 Å². The molecular weight excluding hydrogens is 498 g/mol. The maximum atomic E-state index is 13.8. The first-order chi connectivity index (χ1) is 17.5. The molecule has 0 aliphatic carbocycles. The molecule has 0 aromatic carbocycles. The summed E-state index contributed by atoms with van der Waals surface area (Å²) in [6.07, 6.45) is 1.65. The van der Waals surface area contributed by atoms with Gasteiger partial charge in [0.05, 0.1) is 18.5 Å². The zero-order valence-corrected chi connectivity index (χ0v) is 26.5. The van der Waals surface area contributed by atoms with Gasteiger partial charge in [0.2, 0.25) is 11.8 Å². The number of hydrogen-bond donors (Lipinski definition) is 2. The van der Waals surface area contributed by atoms with Crippen LogP contribution < -0.4 is 5.32 Å². The minimum Gasteiger partial charge on any atom is -0.481 e. The Balaban J connectivity index is 5.97. The zero-order chi connectivity index (χ0) is 31.0. The Hall–Kier alpha value is -2.55. The third-order valence-electron chi connectivity index (χ3n) is 7.04. The fourth-order valence-corrected chi connectivity index (χ4v) is 4.89. The lowest BCUT2D eigenvalue weighted by Gasteiger charge is -2.40. The van der Waals surface area contributed by atoms with E-state index in [2.05, 4.69) is 5.32 Å². The number of nitrogens with one attached hydrogen (secondary N) is 1. The largest absolute Gasteiger partial charge is 0.481 e. The van der Waals surface area contributed by atoms with E-state index < -0.39 is 35.4 Å². The number of rotatable bonds is 14. The number of hydrogen-bond acceptors (Lipinski definition) is 6. The van der Waals surface area contributed by atoms with Crippen LogP contribution in [0.25, 0.3) is 0 Å². The first kappa shape index (κ1) is 36.5. The van der Waals surface area contributed by atoms with Crippen molar-refractivity contribution >= 4 is 29.4 Å². The van der Waals surface area contributed by atoms with Gasteiger partial charge in [0.1, 0.15) is 11.8 Å². The number of allylic oxidation sites excluding steroid dienone is 1. The maximum Gasteiger partial charge on any atom is 0.304 e. The van der Waals surface area contributed by atoms with Crippen molar-refractivity contribution in [1.82, 2.24) is 15.1 Å². The molecule has 0 aromatic rings. The van der Waals surface area contributed by atoms with Gasteiger partial charge < -0.3 is 15.3 Å². The highest BCUT2D eigenvalue weighted by Gasteiger charge is 2.41. The van der Waals surface area contributed by atoms with Gasteiger partial charge in [-0.25, -0.2) is 0 Å². The molecule has 9 heteroatoms. The van der Waals surface area contributed by atoms with Crippen LogP contribution in [0.5, 0.6) is 0 Å². The molecule has 2 N–H and O–H groups in total. The average molecular weight is 552 g/mol. The Morgan fingerprint density at radius 2 is 1.41 bits per heavy atom. The second kappa shape index (κ2) is 14.7. The van der Waals surface area contributed by atoms with E-state index in [-0.39, 0.29) is 54.0 Å². The molecule has 0 aliphatic rings. The third kappa shape index (κ3) is 11.6. The number of nitrogens with zero attached hydrogens (tertiary/aromatic N) is 2. The Labute approximate surface area is 235 Å². The lowest BCUT2D eigenvalue weighted by molar-refractivity contribution is -0.142. The SMILES string of the molecule is CC(=O)C(CCC(=O)/C(C)=C/[C@H](C(C)C)N(C)C(=O)[C@@H](NC(=O)[C@@H](N(C)C)C(C)(C)C)C(C)(C)C)CC(=O)O. The maximum absolute atomic E-state index is 13.8. The van der Waals surface area contributed by atoms with Gasteiger partial charge in [0.25, 0.3) is 0 Å². The number of ketones is 2. The second-order valence-electron chi connectivity index (χ2n) is 13.4. The lowest BCUT2D eigenvalue weighted by Crippen LogP contribution is -2.60. The van der Waals surface area contributed by atoms with Gasteiger partial charge in [-0.3, -0.25) is 28.9 Å². The summed E-state index contributed by atoms with van der Waals surface area (Å²) in [5.41, 5.74) is -0.474. The van der Waals surface area contributed by atoms with Crippen molar-refractivity contribution in [2.45, 2.75) is 107 Å². The number of carbonyl (C=O) groups is 5. The molecule has 2 amide bonds. The quantitative estimate of drug-likeness (QED) is 0.313. The number of likely N-dealkylation sites (N-methyl/N-ethyl adjacent to an activating group) is 2. The number of carboxylic acids is 1. The van der Waals surface area contributed by atoms with Crippen LogP contribution in [0.1, 0.15) is 88.5 Å². The zero-order valence-electron chi connectivity index (χ0n) is 26.5. The normalized spacial score (nSPS) is 15.9. The van der Waals surface area contributed by atoms with Gasteiger partial charge in [0.15, 0.2) is 5.78 Å². The summed E-state index contributed by atoms with van der Waals surface area (Å²) in [5.74, 6) is -2.74. The van der Waals surface area contributed by atoms with Crippen molar-refractivity contribution in [3.8, 4) is 0 Å². The number of carboxylic acid groups (broad SMARTS) is 1. The van der Waals surface area contributed by atoms with E-state index in [4.69, 9.17) is 5.11 Å². The molecule has 39 heavy (non-hydrogen) atoms. The van der Waals surface area contributed by atoms with Crippen LogP contribution in [0, 0.1) is 22.7 Å². The van der Waals surface area contributed by atoms with Crippen LogP contribution >= 0.6 is 0 Å². The molecule has 0 saturated carbocycles. The van der Waals surface area contributed by atoms with Gasteiger partial charge in [-0.1, -0.05) is 61.5 Å².